The highest BCUT2D eigenvalue weighted by Crippen LogP contribution is 2.33. The fourth-order valence-corrected chi connectivity index (χ4v) is 4.70. The molecule has 0 radical (unpaired) electrons. The van der Waals surface area contributed by atoms with Gasteiger partial charge in [0.15, 0.2) is 10.9 Å². The number of anilines is 1. The number of rotatable bonds is 4. The average molecular weight is 392 g/mol. The minimum Gasteiger partial charge on any atom is -0.451 e. The highest BCUT2D eigenvalue weighted by atomic mass is 32.1. The number of carbonyl (C=O) groups excluding carboxylic acids is 1. The maximum Gasteiger partial charge on any atom is 0.295 e. The molecule has 1 fully saturated rings. The molecule has 0 saturated carbocycles. The summed E-state index contributed by atoms with van der Waals surface area (Å²) in [6.45, 7) is 3.27. The molecule has 1 aliphatic rings. The van der Waals surface area contributed by atoms with Gasteiger partial charge in [-0.1, -0.05) is 41.7 Å². The second kappa shape index (κ2) is 7.04. The molecule has 1 atom stereocenters. The molecule has 6 heteroatoms. The van der Waals surface area contributed by atoms with E-state index in [4.69, 9.17) is 14.1 Å². The predicted molar refractivity (Wildman–Crippen MR) is 111 cm³/mol. The topological polar surface area (TPSA) is 55.6 Å². The van der Waals surface area contributed by atoms with Crippen molar-refractivity contribution in [3.05, 3.63) is 59.9 Å². The lowest BCUT2D eigenvalue weighted by Gasteiger charge is -2.22. The first-order valence-corrected chi connectivity index (χ1v) is 10.3. The third kappa shape index (κ3) is 3.08. The van der Waals surface area contributed by atoms with Crippen molar-refractivity contribution >= 4 is 43.6 Å². The Morgan fingerprint density at radius 3 is 2.93 bits per heavy atom. The lowest BCUT2D eigenvalue weighted by molar-refractivity contribution is 0.0896. The Morgan fingerprint density at radius 2 is 2.14 bits per heavy atom. The van der Waals surface area contributed by atoms with Crippen LogP contribution in [0.5, 0.6) is 0 Å². The monoisotopic (exact) mass is 392 g/mol. The predicted octanol–water partition coefficient (Wildman–Crippen LogP) is 5.18. The standard InChI is InChI=1S/C22H20N2O3S/c1-14-6-4-10-19-20(14)23-22(28-19)24(13-16-8-5-11-26-16)21(25)18-12-15-7-2-3-9-17(15)27-18/h2-4,6-7,9-10,12,16H,5,8,11,13H2,1H3/t16-/m1/s1. The van der Waals surface area contributed by atoms with E-state index in [1.807, 2.05) is 49.4 Å². The molecule has 1 amide bonds. The molecule has 5 nitrogen and oxygen atoms in total. The maximum absolute atomic E-state index is 13.4. The van der Waals surface area contributed by atoms with Gasteiger partial charge in [-0.2, -0.15) is 0 Å². The van der Waals surface area contributed by atoms with Crippen LogP contribution in [0.4, 0.5) is 5.13 Å². The van der Waals surface area contributed by atoms with Crippen molar-refractivity contribution in [1.82, 2.24) is 4.98 Å². The molecule has 0 N–H and O–H groups in total. The molecule has 0 spiro atoms. The Bertz CT molecular complexity index is 1120. The highest BCUT2D eigenvalue weighted by Gasteiger charge is 2.29. The van der Waals surface area contributed by atoms with E-state index in [-0.39, 0.29) is 12.0 Å². The molecule has 142 valence electrons. The van der Waals surface area contributed by atoms with Crippen LogP contribution in [0.25, 0.3) is 21.2 Å². The van der Waals surface area contributed by atoms with Crippen LogP contribution in [0.3, 0.4) is 0 Å². The minimum absolute atomic E-state index is 0.0291. The van der Waals surface area contributed by atoms with E-state index in [9.17, 15) is 4.79 Å². The Morgan fingerprint density at radius 1 is 1.25 bits per heavy atom. The third-order valence-electron chi connectivity index (χ3n) is 5.13. The van der Waals surface area contributed by atoms with E-state index in [1.165, 1.54) is 11.3 Å². The van der Waals surface area contributed by atoms with Gasteiger partial charge in [-0.15, -0.1) is 0 Å². The summed E-state index contributed by atoms with van der Waals surface area (Å²) in [6.07, 6.45) is 2.01. The van der Waals surface area contributed by atoms with E-state index >= 15 is 0 Å². The molecule has 2 aromatic heterocycles. The Labute approximate surface area is 166 Å². The van der Waals surface area contributed by atoms with E-state index in [1.54, 1.807) is 11.0 Å². The highest BCUT2D eigenvalue weighted by molar-refractivity contribution is 7.22. The van der Waals surface area contributed by atoms with Gasteiger partial charge < -0.3 is 9.15 Å². The summed E-state index contributed by atoms with van der Waals surface area (Å²) >= 11 is 1.53. The van der Waals surface area contributed by atoms with Crippen LogP contribution in [-0.4, -0.2) is 30.1 Å². The number of para-hydroxylation sites is 2. The first kappa shape index (κ1) is 17.4. The number of amides is 1. The Hall–Kier alpha value is -2.70. The molecule has 1 aliphatic heterocycles. The number of benzene rings is 2. The van der Waals surface area contributed by atoms with Gasteiger partial charge in [0.1, 0.15) is 5.58 Å². The minimum atomic E-state index is -0.177. The molecule has 5 rings (SSSR count). The quantitative estimate of drug-likeness (QED) is 0.480. The van der Waals surface area contributed by atoms with E-state index < -0.39 is 0 Å². The summed E-state index contributed by atoms with van der Waals surface area (Å²) in [4.78, 5) is 19.9. The summed E-state index contributed by atoms with van der Waals surface area (Å²) in [5.41, 5.74) is 2.76. The van der Waals surface area contributed by atoms with Gasteiger partial charge in [-0.25, -0.2) is 4.98 Å². The van der Waals surface area contributed by atoms with E-state index in [0.717, 1.165) is 40.6 Å². The number of furan rings is 1. The molecule has 1 saturated heterocycles. The summed E-state index contributed by atoms with van der Waals surface area (Å²) in [5.74, 6) is 0.151. The van der Waals surface area contributed by atoms with Crippen molar-refractivity contribution < 1.29 is 13.9 Å². The molecule has 0 aliphatic carbocycles. The van der Waals surface area contributed by atoms with Crippen LogP contribution in [-0.2, 0) is 4.74 Å². The van der Waals surface area contributed by atoms with Crippen molar-refractivity contribution in [1.29, 1.82) is 0 Å². The second-order valence-electron chi connectivity index (χ2n) is 7.12. The van der Waals surface area contributed by atoms with Crippen molar-refractivity contribution in [3.63, 3.8) is 0 Å². The molecular weight excluding hydrogens is 372 g/mol. The van der Waals surface area contributed by atoms with Crippen LogP contribution in [0.2, 0.25) is 0 Å². The van der Waals surface area contributed by atoms with E-state index in [2.05, 4.69) is 0 Å². The number of nitrogens with zero attached hydrogens (tertiary/aromatic N) is 2. The maximum atomic E-state index is 13.4. The van der Waals surface area contributed by atoms with Gasteiger partial charge >= 0.3 is 0 Å². The van der Waals surface area contributed by atoms with Gasteiger partial charge in [-0.3, -0.25) is 9.69 Å². The largest absolute Gasteiger partial charge is 0.451 e. The lowest BCUT2D eigenvalue weighted by atomic mass is 10.2. The molecule has 28 heavy (non-hydrogen) atoms. The number of ether oxygens (including phenoxy) is 1. The third-order valence-corrected chi connectivity index (χ3v) is 6.18. The normalized spacial score (nSPS) is 16.8. The number of fused-ring (bicyclic) bond motifs is 2. The Kier molecular flexibility index (Phi) is 4.37. The van der Waals surface area contributed by atoms with Crippen LogP contribution >= 0.6 is 11.3 Å². The zero-order chi connectivity index (χ0) is 19.1. The molecule has 0 bridgehead atoms. The van der Waals surface area contributed by atoms with Gasteiger partial charge in [0.2, 0.25) is 0 Å². The van der Waals surface area contributed by atoms with Crippen molar-refractivity contribution in [2.24, 2.45) is 0 Å². The van der Waals surface area contributed by atoms with Crippen LogP contribution < -0.4 is 4.90 Å². The fourth-order valence-electron chi connectivity index (χ4n) is 3.65. The zero-order valence-electron chi connectivity index (χ0n) is 15.6. The van der Waals surface area contributed by atoms with Crippen LogP contribution in [0, 0.1) is 6.92 Å². The van der Waals surface area contributed by atoms with Gasteiger partial charge in [0.25, 0.3) is 5.91 Å². The second-order valence-corrected chi connectivity index (χ2v) is 8.13. The van der Waals surface area contributed by atoms with Crippen molar-refractivity contribution in [2.45, 2.75) is 25.9 Å². The number of thiazole rings is 1. The molecule has 4 aromatic rings. The van der Waals surface area contributed by atoms with E-state index in [0.29, 0.717) is 23.0 Å². The SMILES string of the molecule is Cc1cccc2sc(N(C[C@H]3CCCO3)C(=O)c3cc4ccccc4o3)nc12. The molecular formula is C22H20N2O3S. The van der Waals surface area contributed by atoms with Crippen molar-refractivity contribution in [3.8, 4) is 0 Å². The van der Waals surface area contributed by atoms with Crippen molar-refractivity contribution in [2.75, 3.05) is 18.1 Å². The molecule has 0 unspecified atom stereocenters. The first-order chi connectivity index (χ1) is 13.7. The summed E-state index contributed by atoms with van der Waals surface area (Å²) in [6, 6.07) is 15.6. The summed E-state index contributed by atoms with van der Waals surface area (Å²) in [5, 5.41) is 1.60. The zero-order valence-corrected chi connectivity index (χ0v) is 16.4. The number of hydrogen-bond donors (Lipinski definition) is 0. The summed E-state index contributed by atoms with van der Waals surface area (Å²) in [7, 11) is 0. The smallest absolute Gasteiger partial charge is 0.295 e. The Balaban J connectivity index is 1.56. The summed E-state index contributed by atoms with van der Waals surface area (Å²) < 4.78 is 12.7. The number of aromatic nitrogens is 1. The number of aryl methyl sites for hydroxylation is 1. The average Bonchev–Trinajstić information content (AvgIpc) is 3.44. The van der Waals surface area contributed by atoms with Crippen LogP contribution in [0.15, 0.2) is 52.9 Å². The van der Waals surface area contributed by atoms with Gasteiger partial charge in [-0.05, 0) is 43.5 Å². The van der Waals surface area contributed by atoms with Crippen LogP contribution in [0.1, 0.15) is 29.0 Å². The number of carbonyl (C=O) groups is 1. The molecule has 2 aromatic carbocycles. The van der Waals surface area contributed by atoms with Gasteiger partial charge in [0, 0.05) is 12.0 Å². The number of hydrogen-bond acceptors (Lipinski definition) is 5. The molecule has 3 heterocycles. The van der Waals surface area contributed by atoms with Gasteiger partial charge in [0.05, 0.1) is 22.9 Å². The first-order valence-electron chi connectivity index (χ1n) is 9.47. The lowest BCUT2D eigenvalue weighted by Crippen LogP contribution is -2.37. The fraction of sp³-hybridized carbons (Fsp3) is 0.273.